The van der Waals surface area contributed by atoms with E-state index in [-0.39, 0.29) is 24.5 Å². The molecule has 3 aromatic carbocycles. The molecule has 1 fully saturated rings. The van der Waals surface area contributed by atoms with E-state index in [1.165, 1.54) is 0 Å². The maximum atomic E-state index is 13.3. The number of hydrogen-bond donors (Lipinski definition) is 1. The molecule has 0 aromatic heterocycles. The summed E-state index contributed by atoms with van der Waals surface area (Å²) >= 11 is 0. The van der Waals surface area contributed by atoms with Gasteiger partial charge in [-0.05, 0) is 55.5 Å². The van der Waals surface area contributed by atoms with Gasteiger partial charge >= 0.3 is 0 Å². The van der Waals surface area contributed by atoms with Gasteiger partial charge in [0.1, 0.15) is 0 Å². The summed E-state index contributed by atoms with van der Waals surface area (Å²) < 4.78 is 11.6. The summed E-state index contributed by atoms with van der Waals surface area (Å²) in [4.78, 5) is 27.6. The number of likely N-dealkylation sites (tertiary alicyclic amines) is 1. The van der Waals surface area contributed by atoms with E-state index in [0.29, 0.717) is 23.7 Å². The predicted molar refractivity (Wildman–Crippen MR) is 136 cm³/mol. The van der Waals surface area contributed by atoms with Gasteiger partial charge in [0.2, 0.25) is 0 Å². The molecule has 6 nitrogen and oxygen atoms in total. The zero-order valence-corrected chi connectivity index (χ0v) is 20.1. The van der Waals surface area contributed by atoms with Crippen LogP contribution in [0.2, 0.25) is 0 Å². The Balaban J connectivity index is 1.49. The van der Waals surface area contributed by atoms with Crippen LogP contribution in [-0.4, -0.2) is 43.0 Å². The molecule has 1 aliphatic rings. The highest BCUT2D eigenvalue weighted by molar-refractivity contribution is 5.95. The lowest BCUT2D eigenvalue weighted by atomic mass is 9.98. The van der Waals surface area contributed by atoms with E-state index in [9.17, 15) is 9.59 Å². The average molecular weight is 473 g/mol. The van der Waals surface area contributed by atoms with Crippen molar-refractivity contribution in [2.75, 3.05) is 26.3 Å². The van der Waals surface area contributed by atoms with Crippen LogP contribution >= 0.6 is 0 Å². The number of nitrogens with zero attached hydrogens (tertiary/aromatic N) is 1. The highest BCUT2D eigenvalue weighted by atomic mass is 16.5. The summed E-state index contributed by atoms with van der Waals surface area (Å²) in [5, 5.41) is 3.15. The van der Waals surface area contributed by atoms with E-state index >= 15 is 0 Å². The van der Waals surface area contributed by atoms with Crippen LogP contribution in [0.3, 0.4) is 0 Å². The maximum Gasteiger partial charge on any atom is 0.260 e. The number of benzene rings is 3. The highest BCUT2D eigenvalue weighted by Crippen LogP contribution is 2.30. The maximum absolute atomic E-state index is 13.3. The number of hydrogen-bond acceptors (Lipinski definition) is 4. The molecule has 182 valence electrons. The molecule has 4 rings (SSSR count). The van der Waals surface area contributed by atoms with Crippen molar-refractivity contribution in [3.8, 4) is 11.5 Å². The monoisotopic (exact) mass is 472 g/mol. The standard InChI is InChI=1S/C29H32N2O4/c1-2-34-26-20-24(16-17-25(26)35-21-27(32)31-18-10-5-11-19-31)29(33)30-28(22-12-6-3-7-13-22)23-14-8-4-9-15-23/h3-4,6-9,12-17,20,28H,2,5,10-11,18-19,21H2,1H3,(H,30,33). The Kier molecular flexibility index (Phi) is 8.39. The molecule has 0 spiro atoms. The Hall–Kier alpha value is -3.80. The van der Waals surface area contributed by atoms with Gasteiger partial charge in [-0.1, -0.05) is 60.7 Å². The molecule has 0 saturated carbocycles. The third kappa shape index (κ3) is 6.41. The third-order valence-corrected chi connectivity index (χ3v) is 6.11. The molecule has 35 heavy (non-hydrogen) atoms. The lowest BCUT2D eigenvalue weighted by molar-refractivity contribution is -0.134. The van der Waals surface area contributed by atoms with Crippen LogP contribution in [0, 0.1) is 0 Å². The molecule has 0 radical (unpaired) electrons. The third-order valence-electron chi connectivity index (χ3n) is 6.11. The molecule has 2 amide bonds. The first-order chi connectivity index (χ1) is 17.2. The van der Waals surface area contributed by atoms with Crippen molar-refractivity contribution in [3.05, 3.63) is 95.6 Å². The van der Waals surface area contributed by atoms with E-state index in [0.717, 1.165) is 43.5 Å². The van der Waals surface area contributed by atoms with Crippen LogP contribution in [-0.2, 0) is 4.79 Å². The van der Waals surface area contributed by atoms with Crippen LogP contribution in [0.1, 0.15) is 53.7 Å². The number of ether oxygens (including phenoxy) is 2. The van der Waals surface area contributed by atoms with Gasteiger partial charge < -0.3 is 19.7 Å². The minimum atomic E-state index is -0.293. The van der Waals surface area contributed by atoms with Gasteiger partial charge in [-0.15, -0.1) is 0 Å². The fourth-order valence-corrected chi connectivity index (χ4v) is 4.28. The Morgan fingerprint density at radius 2 is 1.46 bits per heavy atom. The zero-order chi connectivity index (χ0) is 24.5. The van der Waals surface area contributed by atoms with Gasteiger partial charge in [0.05, 0.1) is 12.6 Å². The molecular weight excluding hydrogens is 440 g/mol. The van der Waals surface area contributed by atoms with Gasteiger partial charge in [0.25, 0.3) is 11.8 Å². The Labute approximate surface area is 206 Å². The summed E-state index contributed by atoms with van der Waals surface area (Å²) in [6.07, 6.45) is 3.23. The Morgan fingerprint density at radius 1 is 0.829 bits per heavy atom. The van der Waals surface area contributed by atoms with Gasteiger partial charge in [-0.25, -0.2) is 0 Å². The molecule has 0 aliphatic carbocycles. The minimum Gasteiger partial charge on any atom is -0.490 e. The van der Waals surface area contributed by atoms with Crippen molar-refractivity contribution >= 4 is 11.8 Å². The average Bonchev–Trinajstić information content (AvgIpc) is 2.92. The summed E-state index contributed by atoms with van der Waals surface area (Å²) in [6, 6.07) is 24.5. The number of nitrogens with one attached hydrogen (secondary N) is 1. The van der Waals surface area contributed by atoms with Crippen molar-refractivity contribution in [1.29, 1.82) is 0 Å². The number of rotatable bonds is 9. The molecule has 1 N–H and O–H groups in total. The molecule has 6 heteroatoms. The number of piperidine rings is 1. The van der Waals surface area contributed by atoms with Gasteiger partial charge in [0, 0.05) is 18.7 Å². The van der Waals surface area contributed by atoms with Crippen LogP contribution < -0.4 is 14.8 Å². The first kappa shape index (κ1) is 24.3. The van der Waals surface area contributed by atoms with E-state index in [1.807, 2.05) is 72.5 Å². The van der Waals surface area contributed by atoms with E-state index in [4.69, 9.17) is 9.47 Å². The number of carbonyl (C=O) groups is 2. The quantitative estimate of drug-likeness (QED) is 0.476. The molecular formula is C29H32N2O4. The molecule has 3 aromatic rings. The minimum absolute atomic E-state index is 0.0254. The highest BCUT2D eigenvalue weighted by Gasteiger charge is 2.21. The van der Waals surface area contributed by atoms with Gasteiger partial charge in [-0.2, -0.15) is 0 Å². The Morgan fingerprint density at radius 3 is 2.06 bits per heavy atom. The van der Waals surface area contributed by atoms with Crippen molar-refractivity contribution in [1.82, 2.24) is 10.2 Å². The summed E-state index contributed by atoms with van der Waals surface area (Å²) in [7, 11) is 0. The van der Waals surface area contributed by atoms with Crippen LogP contribution in [0.15, 0.2) is 78.9 Å². The lowest BCUT2D eigenvalue weighted by Crippen LogP contribution is -2.38. The summed E-state index contributed by atoms with van der Waals surface area (Å²) in [5.74, 6) is 0.654. The molecule has 1 heterocycles. The van der Waals surface area contributed by atoms with E-state index < -0.39 is 0 Å². The summed E-state index contributed by atoms with van der Waals surface area (Å²) in [5.41, 5.74) is 2.45. The number of carbonyl (C=O) groups excluding carboxylic acids is 2. The molecule has 1 saturated heterocycles. The van der Waals surface area contributed by atoms with Crippen molar-refractivity contribution in [2.24, 2.45) is 0 Å². The second-order valence-corrected chi connectivity index (χ2v) is 8.55. The second-order valence-electron chi connectivity index (χ2n) is 8.55. The lowest BCUT2D eigenvalue weighted by Gasteiger charge is -2.26. The van der Waals surface area contributed by atoms with Crippen LogP contribution in [0.5, 0.6) is 11.5 Å². The first-order valence-electron chi connectivity index (χ1n) is 12.2. The van der Waals surface area contributed by atoms with Crippen LogP contribution in [0.4, 0.5) is 0 Å². The Bertz CT molecular complexity index is 1070. The topological polar surface area (TPSA) is 67.9 Å². The predicted octanol–water partition coefficient (Wildman–Crippen LogP) is 5.00. The van der Waals surface area contributed by atoms with E-state index in [2.05, 4.69) is 5.32 Å². The normalized spacial score (nSPS) is 13.4. The molecule has 0 unspecified atom stereocenters. The van der Waals surface area contributed by atoms with E-state index in [1.54, 1.807) is 18.2 Å². The van der Waals surface area contributed by atoms with Crippen molar-refractivity contribution in [2.45, 2.75) is 32.2 Å². The fraction of sp³-hybridized carbons (Fsp3) is 0.310. The smallest absolute Gasteiger partial charge is 0.260 e. The largest absolute Gasteiger partial charge is 0.490 e. The molecule has 1 aliphatic heterocycles. The van der Waals surface area contributed by atoms with Gasteiger partial charge in [-0.3, -0.25) is 9.59 Å². The molecule has 0 atom stereocenters. The van der Waals surface area contributed by atoms with Crippen LogP contribution in [0.25, 0.3) is 0 Å². The van der Waals surface area contributed by atoms with Crippen molar-refractivity contribution < 1.29 is 19.1 Å². The SMILES string of the molecule is CCOc1cc(C(=O)NC(c2ccccc2)c2ccccc2)ccc1OCC(=O)N1CCCCC1. The summed E-state index contributed by atoms with van der Waals surface area (Å²) in [6.45, 7) is 3.80. The number of amides is 2. The zero-order valence-electron chi connectivity index (χ0n) is 20.1. The second kappa shape index (κ2) is 12.1. The van der Waals surface area contributed by atoms with Gasteiger partial charge in [0.15, 0.2) is 18.1 Å². The fourth-order valence-electron chi connectivity index (χ4n) is 4.28. The van der Waals surface area contributed by atoms with Crippen molar-refractivity contribution in [3.63, 3.8) is 0 Å². The first-order valence-corrected chi connectivity index (χ1v) is 12.2. The molecule has 0 bridgehead atoms.